The van der Waals surface area contributed by atoms with Gasteiger partial charge in [0, 0.05) is 5.69 Å². The van der Waals surface area contributed by atoms with E-state index in [-0.39, 0.29) is 5.69 Å². The second kappa shape index (κ2) is 5.73. The van der Waals surface area contributed by atoms with Gasteiger partial charge in [-0.25, -0.2) is 4.39 Å². The van der Waals surface area contributed by atoms with Gasteiger partial charge in [-0.3, -0.25) is 9.59 Å². The van der Waals surface area contributed by atoms with Crippen molar-refractivity contribution in [1.29, 1.82) is 0 Å². The standard InChI is InChI=1S/C15H13F4NO4/c16-8-2-1-6(5-7(8)15(17,18)19)20-13(21)11-9-3-4-10(24-9)12(11)14(22)23/h1-2,5,9-12H,3-4H2,(H,20,21)(H,22,23)/t9-,10-,11+,12+/m1/s1. The third-order valence-corrected chi connectivity index (χ3v) is 4.40. The van der Waals surface area contributed by atoms with Crippen LogP contribution >= 0.6 is 0 Å². The van der Waals surface area contributed by atoms with Crippen molar-refractivity contribution in [2.45, 2.75) is 31.2 Å². The van der Waals surface area contributed by atoms with Crippen molar-refractivity contribution in [2.75, 3.05) is 5.32 Å². The smallest absolute Gasteiger partial charge is 0.419 e. The maximum atomic E-state index is 13.3. The number of nitrogens with one attached hydrogen (secondary N) is 1. The predicted molar refractivity (Wildman–Crippen MR) is 72.5 cm³/mol. The van der Waals surface area contributed by atoms with Gasteiger partial charge in [-0.05, 0) is 31.0 Å². The topological polar surface area (TPSA) is 75.6 Å². The minimum atomic E-state index is -4.90. The molecule has 0 unspecified atom stereocenters. The Kier molecular flexibility index (Phi) is 3.98. The lowest BCUT2D eigenvalue weighted by Gasteiger charge is -2.24. The van der Waals surface area contributed by atoms with Gasteiger partial charge in [-0.2, -0.15) is 13.2 Å². The van der Waals surface area contributed by atoms with Crippen LogP contribution in [0.3, 0.4) is 0 Å². The van der Waals surface area contributed by atoms with Gasteiger partial charge in [0.05, 0.1) is 29.6 Å². The van der Waals surface area contributed by atoms with Gasteiger partial charge in [-0.15, -0.1) is 0 Å². The van der Waals surface area contributed by atoms with Gasteiger partial charge in [0.1, 0.15) is 5.82 Å². The molecule has 1 aromatic rings. The normalized spacial score (nSPS) is 28.8. The van der Waals surface area contributed by atoms with Gasteiger partial charge in [0.25, 0.3) is 0 Å². The molecule has 0 radical (unpaired) electrons. The van der Waals surface area contributed by atoms with Gasteiger partial charge < -0.3 is 15.2 Å². The second-order valence-electron chi connectivity index (χ2n) is 5.86. The largest absolute Gasteiger partial charge is 0.481 e. The zero-order chi connectivity index (χ0) is 17.6. The van der Waals surface area contributed by atoms with E-state index in [1.54, 1.807) is 0 Å². The highest BCUT2D eigenvalue weighted by Gasteiger charge is 2.55. The zero-order valence-corrected chi connectivity index (χ0v) is 12.1. The molecule has 2 fully saturated rings. The first-order valence-electron chi connectivity index (χ1n) is 7.24. The molecule has 2 bridgehead atoms. The minimum Gasteiger partial charge on any atom is -0.481 e. The van der Waals surface area contributed by atoms with E-state index in [1.807, 2.05) is 0 Å². The molecule has 5 nitrogen and oxygen atoms in total. The van der Waals surface area contributed by atoms with Crippen LogP contribution in [-0.4, -0.2) is 29.2 Å². The number of carboxylic acids is 1. The lowest BCUT2D eigenvalue weighted by Crippen LogP contribution is -2.41. The molecular formula is C15H13F4NO4. The summed E-state index contributed by atoms with van der Waals surface area (Å²) in [5, 5.41) is 11.5. The fraction of sp³-hybridized carbons (Fsp3) is 0.467. The van der Waals surface area contributed by atoms with Crippen LogP contribution in [0.25, 0.3) is 0 Å². The van der Waals surface area contributed by atoms with Crippen LogP contribution in [0, 0.1) is 17.7 Å². The molecule has 9 heteroatoms. The Labute approximate surface area is 133 Å². The van der Waals surface area contributed by atoms with E-state index in [0.29, 0.717) is 25.0 Å². The number of aliphatic carboxylic acids is 1. The number of halogens is 4. The van der Waals surface area contributed by atoms with Crippen molar-refractivity contribution in [2.24, 2.45) is 11.8 Å². The second-order valence-corrected chi connectivity index (χ2v) is 5.86. The maximum absolute atomic E-state index is 13.3. The van der Waals surface area contributed by atoms with E-state index < -0.39 is 53.5 Å². The molecule has 1 amide bonds. The van der Waals surface area contributed by atoms with Crippen LogP contribution in [0.2, 0.25) is 0 Å². The van der Waals surface area contributed by atoms with Gasteiger partial charge in [0.2, 0.25) is 5.91 Å². The molecule has 0 spiro atoms. The van der Waals surface area contributed by atoms with E-state index in [1.165, 1.54) is 0 Å². The summed E-state index contributed by atoms with van der Waals surface area (Å²) in [5.74, 6) is -5.40. The Bertz CT molecular complexity index is 691. The number of ether oxygens (including phenoxy) is 1. The Balaban J connectivity index is 1.81. The van der Waals surface area contributed by atoms with Gasteiger partial charge >= 0.3 is 12.1 Å². The lowest BCUT2D eigenvalue weighted by atomic mass is 9.78. The summed E-state index contributed by atoms with van der Waals surface area (Å²) >= 11 is 0. The summed E-state index contributed by atoms with van der Waals surface area (Å²) in [6.07, 6.45) is -4.99. The molecule has 1 aromatic carbocycles. The number of amides is 1. The van der Waals surface area contributed by atoms with Crippen LogP contribution in [0.15, 0.2) is 18.2 Å². The Hall–Kier alpha value is -2.16. The summed E-state index contributed by atoms with van der Waals surface area (Å²) in [4.78, 5) is 23.7. The van der Waals surface area contributed by atoms with Crippen LogP contribution in [0.1, 0.15) is 18.4 Å². The maximum Gasteiger partial charge on any atom is 0.419 e. The zero-order valence-electron chi connectivity index (χ0n) is 12.1. The molecule has 2 saturated heterocycles. The van der Waals surface area contributed by atoms with E-state index >= 15 is 0 Å². The summed E-state index contributed by atoms with van der Waals surface area (Å²) < 4.78 is 56.8. The third kappa shape index (κ3) is 2.83. The summed E-state index contributed by atoms with van der Waals surface area (Å²) in [5.41, 5.74) is -1.75. The highest BCUT2D eigenvalue weighted by Crippen LogP contribution is 2.44. The third-order valence-electron chi connectivity index (χ3n) is 4.40. The number of fused-ring (bicyclic) bond motifs is 2. The Morgan fingerprint density at radius 2 is 1.79 bits per heavy atom. The number of benzene rings is 1. The average Bonchev–Trinajstić information content (AvgIpc) is 3.08. The van der Waals surface area contributed by atoms with Crippen LogP contribution in [-0.2, 0) is 20.5 Å². The number of anilines is 1. The highest BCUT2D eigenvalue weighted by atomic mass is 19.4. The van der Waals surface area contributed by atoms with Crippen molar-refractivity contribution in [3.63, 3.8) is 0 Å². The summed E-state index contributed by atoms with van der Waals surface area (Å²) in [6, 6.07) is 2.08. The molecule has 2 N–H and O–H groups in total. The van der Waals surface area contributed by atoms with Crippen molar-refractivity contribution in [3.05, 3.63) is 29.6 Å². The number of rotatable bonds is 3. The summed E-state index contributed by atoms with van der Waals surface area (Å²) in [7, 11) is 0. The quantitative estimate of drug-likeness (QED) is 0.825. The molecular weight excluding hydrogens is 334 g/mol. The number of hydrogen-bond donors (Lipinski definition) is 2. The summed E-state index contributed by atoms with van der Waals surface area (Å²) in [6.45, 7) is 0. The predicted octanol–water partition coefficient (Wildman–Crippen LogP) is 2.66. The fourth-order valence-corrected chi connectivity index (χ4v) is 3.37. The first-order chi connectivity index (χ1) is 11.2. The minimum absolute atomic E-state index is 0.249. The van der Waals surface area contributed by atoms with Crippen molar-refractivity contribution in [1.82, 2.24) is 0 Å². The van der Waals surface area contributed by atoms with Crippen LogP contribution in [0.4, 0.5) is 23.2 Å². The Morgan fingerprint density at radius 3 is 2.38 bits per heavy atom. The molecule has 0 saturated carbocycles. The molecule has 130 valence electrons. The van der Waals surface area contributed by atoms with Crippen LogP contribution < -0.4 is 5.32 Å². The molecule has 2 aliphatic heterocycles. The molecule has 3 rings (SSSR count). The van der Waals surface area contributed by atoms with E-state index in [2.05, 4.69) is 5.32 Å². The van der Waals surface area contributed by atoms with Crippen molar-refractivity contribution < 1.29 is 37.0 Å². The number of carbonyl (C=O) groups is 2. The average molecular weight is 347 g/mol. The highest BCUT2D eigenvalue weighted by molar-refractivity contribution is 5.96. The van der Waals surface area contributed by atoms with Crippen molar-refractivity contribution in [3.8, 4) is 0 Å². The first-order valence-corrected chi connectivity index (χ1v) is 7.24. The van der Waals surface area contributed by atoms with Crippen LogP contribution in [0.5, 0.6) is 0 Å². The molecule has 0 aliphatic carbocycles. The van der Waals surface area contributed by atoms with Crippen molar-refractivity contribution >= 4 is 17.6 Å². The SMILES string of the molecule is O=C(O)[C@@H]1[C@@H](C(=O)Nc2ccc(F)c(C(F)(F)F)c2)[C@H]2CC[C@H]1O2. The number of carbonyl (C=O) groups excluding carboxylic acids is 1. The molecule has 0 aromatic heterocycles. The van der Waals surface area contributed by atoms with Gasteiger partial charge in [0.15, 0.2) is 0 Å². The fourth-order valence-electron chi connectivity index (χ4n) is 3.37. The number of hydrogen-bond acceptors (Lipinski definition) is 3. The molecule has 2 aliphatic rings. The molecule has 2 heterocycles. The molecule has 24 heavy (non-hydrogen) atoms. The van der Waals surface area contributed by atoms with E-state index in [0.717, 1.165) is 6.07 Å². The monoisotopic (exact) mass is 347 g/mol. The number of carboxylic acid groups (broad SMARTS) is 1. The molecule has 4 atom stereocenters. The first kappa shape index (κ1) is 16.7. The lowest BCUT2D eigenvalue weighted by molar-refractivity contribution is -0.147. The van der Waals surface area contributed by atoms with E-state index in [4.69, 9.17) is 4.74 Å². The Morgan fingerprint density at radius 1 is 1.17 bits per heavy atom. The van der Waals surface area contributed by atoms with E-state index in [9.17, 15) is 32.3 Å². The number of alkyl halides is 3. The van der Waals surface area contributed by atoms with Gasteiger partial charge in [-0.1, -0.05) is 0 Å².